The van der Waals surface area contributed by atoms with Crippen LogP contribution in [0.4, 0.5) is 0 Å². The molecular weight excluding hydrogens is 232 g/mol. The summed E-state index contributed by atoms with van der Waals surface area (Å²) in [4.78, 5) is 22.0. The Bertz CT molecular complexity index is 370. The summed E-state index contributed by atoms with van der Waals surface area (Å²) in [6.45, 7) is 3.88. The van der Waals surface area contributed by atoms with E-state index in [1.54, 1.807) is 0 Å². The Morgan fingerprint density at radius 1 is 1.28 bits per heavy atom. The van der Waals surface area contributed by atoms with Crippen molar-refractivity contribution in [2.24, 2.45) is 5.92 Å². The SMILES string of the molecule is CC1C=CC=CC1(C)OC(=O)CCCCC(=O)O. The number of carbonyl (C=O) groups excluding carboxylic acids is 1. The number of hydrogen-bond acceptors (Lipinski definition) is 3. The van der Waals surface area contributed by atoms with Crippen LogP contribution >= 0.6 is 0 Å². The minimum atomic E-state index is -0.829. The van der Waals surface area contributed by atoms with Crippen LogP contribution in [-0.4, -0.2) is 22.6 Å². The first kappa shape index (κ1) is 14.5. The van der Waals surface area contributed by atoms with Gasteiger partial charge < -0.3 is 9.84 Å². The maximum Gasteiger partial charge on any atom is 0.306 e. The Kier molecular flexibility index (Phi) is 5.13. The molecule has 2 unspecified atom stereocenters. The quantitative estimate of drug-likeness (QED) is 0.583. The third-order valence-corrected chi connectivity index (χ3v) is 3.20. The Morgan fingerprint density at radius 2 is 1.94 bits per heavy atom. The van der Waals surface area contributed by atoms with Gasteiger partial charge >= 0.3 is 11.9 Å². The lowest BCUT2D eigenvalue weighted by Gasteiger charge is -2.32. The fraction of sp³-hybridized carbons (Fsp3) is 0.571. The van der Waals surface area contributed by atoms with Crippen molar-refractivity contribution in [1.82, 2.24) is 0 Å². The summed E-state index contributed by atoms with van der Waals surface area (Å²) in [5.41, 5.74) is -0.585. The van der Waals surface area contributed by atoms with Crippen molar-refractivity contribution in [2.45, 2.75) is 45.1 Å². The fourth-order valence-corrected chi connectivity index (χ4v) is 1.79. The molecule has 1 N–H and O–H groups in total. The molecule has 2 atom stereocenters. The third-order valence-electron chi connectivity index (χ3n) is 3.20. The van der Waals surface area contributed by atoms with Gasteiger partial charge in [-0.1, -0.05) is 25.2 Å². The topological polar surface area (TPSA) is 63.6 Å². The molecule has 0 saturated heterocycles. The molecule has 1 rings (SSSR count). The summed E-state index contributed by atoms with van der Waals surface area (Å²) in [5.74, 6) is -0.954. The van der Waals surface area contributed by atoms with Crippen LogP contribution in [0.2, 0.25) is 0 Å². The van der Waals surface area contributed by atoms with Crippen molar-refractivity contribution in [3.05, 3.63) is 24.3 Å². The van der Waals surface area contributed by atoms with Gasteiger partial charge in [-0.25, -0.2) is 0 Å². The molecule has 0 bridgehead atoms. The molecule has 0 spiro atoms. The van der Waals surface area contributed by atoms with Gasteiger partial charge in [0.15, 0.2) is 0 Å². The molecule has 100 valence electrons. The molecule has 18 heavy (non-hydrogen) atoms. The van der Waals surface area contributed by atoms with Gasteiger partial charge in [-0.15, -0.1) is 0 Å². The molecule has 0 aromatic carbocycles. The van der Waals surface area contributed by atoms with E-state index in [-0.39, 0.29) is 24.7 Å². The summed E-state index contributed by atoms with van der Waals surface area (Å²) in [5, 5.41) is 8.48. The molecule has 0 radical (unpaired) electrons. The Hall–Kier alpha value is -1.58. The van der Waals surface area contributed by atoms with Crippen molar-refractivity contribution in [2.75, 3.05) is 0 Å². The molecule has 0 aliphatic heterocycles. The summed E-state index contributed by atoms with van der Waals surface area (Å²) < 4.78 is 5.47. The molecule has 0 heterocycles. The van der Waals surface area contributed by atoms with Gasteiger partial charge in [0.2, 0.25) is 0 Å². The van der Waals surface area contributed by atoms with E-state index < -0.39 is 11.6 Å². The van der Waals surface area contributed by atoms with Crippen LogP contribution in [0.5, 0.6) is 0 Å². The predicted octanol–water partition coefficient (Wildman–Crippen LogP) is 2.70. The van der Waals surface area contributed by atoms with Gasteiger partial charge in [0.05, 0.1) is 0 Å². The summed E-state index contributed by atoms with van der Waals surface area (Å²) in [6, 6.07) is 0. The second-order valence-electron chi connectivity index (χ2n) is 4.79. The summed E-state index contributed by atoms with van der Waals surface area (Å²) >= 11 is 0. The number of carboxylic acid groups (broad SMARTS) is 1. The lowest BCUT2D eigenvalue weighted by Crippen LogP contribution is -2.36. The van der Waals surface area contributed by atoms with E-state index in [1.165, 1.54) is 0 Å². The second-order valence-corrected chi connectivity index (χ2v) is 4.79. The van der Waals surface area contributed by atoms with Gasteiger partial charge in [-0.2, -0.15) is 0 Å². The molecule has 0 aromatic heterocycles. The van der Waals surface area contributed by atoms with Crippen LogP contribution in [-0.2, 0) is 14.3 Å². The van der Waals surface area contributed by atoms with Crippen molar-refractivity contribution in [3.63, 3.8) is 0 Å². The Labute approximate surface area is 107 Å². The number of hydrogen-bond donors (Lipinski definition) is 1. The van der Waals surface area contributed by atoms with E-state index in [9.17, 15) is 9.59 Å². The van der Waals surface area contributed by atoms with Crippen LogP contribution in [0, 0.1) is 5.92 Å². The van der Waals surface area contributed by atoms with Crippen LogP contribution < -0.4 is 0 Å². The number of ether oxygens (including phenoxy) is 1. The van der Waals surface area contributed by atoms with Crippen LogP contribution in [0.1, 0.15) is 39.5 Å². The predicted molar refractivity (Wildman–Crippen MR) is 68.0 cm³/mol. The zero-order valence-electron chi connectivity index (χ0n) is 10.9. The molecule has 0 aromatic rings. The third kappa shape index (κ3) is 4.35. The van der Waals surface area contributed by atoms with E-state index in [1.807, 2.05) is 38.2 Å². The zero-order chi connectivity index (χ0) is 13.6. The smallest absolute Gasteiger partial charge is 0.306 e. The number of carbonyl (C=O) groups is 2. The minimum Gasteiger partial charge on any atom is -0.481 e. The van der Waals surface area contributed by atoms with Crippen LogP contribution in [0.25, 0.3) is 0 Å². The van der Waals surface area contributed by atoms with Crippen molar-refractivity contribution in [1.29, 1.82) is 0 Å². The number of rotatable bonds is 6. The number of carboxylic acids is 1. The highest BCUT2D eigenvalue weighted by Gasteiger charge is 2.32. The number of aliphatic carboxylic acids is 1. The highest BCUT2D eigenvalue weighted by molar-refractivity contribution is 5.70. The maximum absolute atomic E-state index is 11.7. The van der Waals surface area contributed by atoms with Crippen molar-refractivity contribution in [3.8, 4) is 0 Å². The first-order valence-electron chi connectivity index (χ1n) is 6.24. The lowest BCUT2D eigenvalue weighted by atomic mass is 9.87. The first-order valence-corrected chi connectivity index (χ1v) is 6.24. The number of esters is 1. The second kappa shape index (κ2) is 6.38. The largest absolute Gasteiger partial charge is 0.481 e. The van der Waals surface area contributed by atoms with E-state index in [0.29, 0.717) is 12.8 Å². The standard InChI is InChI=1S/C14H20O4/c1-11-7-5-6-10-14(11,2)18-13(17)9-4-3-8-12(15)16/h5-7,10-11H,3-4,8-9H2,1-2H3,(H,15,16). The highest BCUT2D eigenvalue weighted by Crippen LogP contribution is 2.28. The molecule has 4 heteroatoms. The zero-order valence-corrected chi connectivity index (χ0v) is 10.9. The Balaban J connectivity index is 2.33. The van der Waals surface area contributed by atoms with Gasteiger partial charge in [0.1, 0.15) is 5.60 Å². The summed E-state index contributed by atoms with van der Waals surface area (Å²) in [6.07, 6.45) is 9.12. The maximum atomic E-state index is 11.7. The average Bonchev–Trinajstić information content (AvgIpc) is 2.28. The molecule has 0 amide bonds. The molecule has 0 fully saturated rings. The number of allylic oxidation sites excluding steroid dienone is 2. The lowest BCUT2D eigenvalue weighted by molar-refractivity contribution is -0.156. The number of unbranched alkanes of at least 4 members (excludes halogenated alkanes) is 1. The minimum absolute atomic E-state index is 0.101. The first-order chi connectivity index (χ1) is 8.44. The van der Waals surface area contributed by atoms with Gasteiger partial charge in [0.25, 0.3) is 0 Å². The molecule has 1 aliphatic rings. The molecule has 4 nitrogen and oxygen atoms in total. The van der Waals surface area contributed by atoms with E-state index in [0.717, 1.165) is 0 Å². The Morgan fingerprint density at radius 3 is 2.56 bits per heavy atom. The highest BCUT2D eigenvalue weighted by atomic mass is 16.6. The van der Waals surface area contributed by atoms with Crippen molar-refractivity contribution >= 4 is 11.9 Å². The van der Waals surface area contributed by atoms with Crippen LogP contribution in [0.3, 0.4) is 0 Å². The normalized spacial score (nSPS) is 26.0. The van der Waals surface area contributed by atoms with Gasteiger partial charge in [-0.3, -0.25) is 9.59 Å². The summed E-state index contributed by atoms with van der Waals surface area (Å²) in [7, 11) is 0. The molecule has 1 aliphatic carbocycles. The van der Waals surface area contributed by atoms with Crippen LogP contribution in [0.15, 0.2) is 24.3 Å². The van der Waals surface area contributed by atoms with E-state index in [2.05, 4.69) is 0 Å². The monoisotopic (exact) mass is 252 g/mol. The van der Waals surface area contributed by atoms with Gasteiger partial charge in [-0.05, 0) is 25.8 Å². The van der Waals surface area contributed by atoms with Crippen molar-refractivity contribution < 1.29 is 19.4 Å². The molecule has 0 saturated carbocycles. The average molecular weight is 252 g/mol. The molecular formula is C14H20O4. The van der Waals surface area contributed by atoms with Gasteiger partial charge in [0, 0.05) is 18.8 Å². The van der Waals surface area contributed by atoms with E-state index in [4.69, 9.17) is 9.84 Å². The van der Waals surface area contributed by atoms with E-state index >= 15 is 0 Å². The fourth-order valence-electron chi connectivity index (χ4n) is 1.79.